The lowest BCUT2D eigenvalue weighted by molar-refractivity contribution is -0.127. The van der Waals surface area contributed by atoms with Gasteiger partial charge in [-0.05, 0) is 26.0 Å². The second-order valence-corrected chi connectivity index (χ2v) is 4.42. The molecular weight excluding hydrogens is 242 g/mol. The highest BCUT2D eigenvalue weighted by molar-refractivity contribution is 5.84. The van der Waals surface area contributed by atoms with E-state index in [1.165, 1.54) is 0 Å². The van der Waals surface area contributed by atoms with Crippen molar-refractivity contribution in [3.05, 3.63) is 18.2 Å². The van der Waals surface area contributed by atoms with E-state index in [-0.39, 0.29) is 5.91 Å². The van der Waals surface area contributed by atoms with Gasteiger partial charge in [0.1, 0.15) is 5.75 Å². The zero-order chi connectivity index (χ0) is 14.4. The Morgan fingerprint density at radius 2 is 2.00 bits per heavy atom. The summed E-state index contributed by atoms with van der Waals surface area (Å²) in [5.41, 5.74) is 7.52. The molecule has 5 heteroatoms. The van der Waals surface area contributed by atoms with Crippen LogP contribution in [0.2, 0.25) is 0 Å². The fourth-order valence-electron chi connectivity index (χ4n) is 1.76. The highest BCUT2D eigenvalue weighted by Crippen LogP contribution is 2.32. The molecule has 19 heavy (non-hydrogen) atoms. The molecule has 0 aliphatic heterocycles. The average Bonchev–Trinajstić information content (AvgIpc) is 2.38. The molecule has 106 valence electrons. The molecule has 1 aromatic carbocycles. The predicted octanol–water partition coefficient (Wildman–Crippen LogP) is 1.58. The Morgan fingerprint density at radius 3 is 2.53 bits per heavy atom. The van der Waals surface area contributed by atoms with Gasteiger partial charge in [-0.25, -0.2) is 0 Å². The third-order valence-corrected chi connectivity index (χ3v) is 2.89. The number of likely N-dealkylation sites (N-methyl/N-ethyl adjacent to an activating group) is 2. The van der Waals surface area contributed by atoms with Gasteiger partial charge in [-0.2, -0.15) is 0 Å². The maximum absolute atomic E-state index is 11.8. The number of rotatable bonds is 6. The van der Waals surface area contributed by atoms with Crippen LogP contribution < -0.4 is 15.4 Å². The number of nitrogens with two attached hydrogens (primary N) is 1. The van der Waals surface area contributed by atoms with Gasteiger partial charge in [-0.15, -0.1) is 0 Å². The van der Waals surface area contributed by atoms with Gasteiger partial charge in [-0.1, -0.05) is 6.07 Å². The first kappa shape index (κ1) is 15.1. The summed E-state index contributed by atoms with van der Waals surface area (Å²) in [5, 5.41) is 0. The molecule has 0 heterocycles. The number of ether oxygens (including phenoxy) is 1. The number of carbonyl (C=O) groups excluding carboxylic acids is 1. The van der Waals surface area contributed by atoms with Crippen LogP contribution in [0.15, 0.2) is 18.2 Å². The van der Waals surface area contributed by atoms with Gasteiger partial charge in [0.15, 0.2) is 0 Å². The van der Waals surface area contributed by atoms with Gasteiger partial charge >= 0.3 is 0 Å². The zero-order valence-corrected chi connectivity index (χ0v) is 12.1. The van der Waals surface area contributed by atoms with Gasteiger partial charge in [-0.3, -0.25) is 4.79 Å². The third kappa shape index (κ3) is 3.77. The number of benzene rings is 1. The van der Waals surface area contributed by atoms with Crippen LogP contribution in [0.25, 0.3) is 0 Å². The Labute approximate surface area is 114 Å². The molecule has 0 saturated heterocycles. The Kier molecular flexibility index (Phi) is 5.48. The number of anilines is 2. The largest absolute Gasteiger partial charge is 0.492 e. The summed E-state index contributed by atoms with van der Waals surface area (Å²) in [7, 11) is 3.49. The second kappa shape index (κ2) is 6.87. The Bertz CT molecular complexity index is 433. The number of hydrogen-bond acceptors (Lipinski definition) is 4. The first-order valence-electron chi connectivity index (χ1n) is 6.47. The van der Waals surface area contributed by atoms with Gasteiger partial charge < -0.3 is 20.3 Å². The Hall–Kier alpha value is -1.91. The van der Waals surface area contributed by atoms with Gasteiger partial charge in [0.05, 0.1) is 24.5 Å². The summed E-state index contributed by atoms with van der Waals surface area (Å²) in [6.07, 6.45) is 0. The molecule has 0 saturated carbocycles. The smallest absolute Gasteiger partial charge is 0.241 e. The van der Waals surface area contributed by atoms with Crippen LogP contribution in [0.3, 0.4) is 0 Å². The molecule has 1 aromatic rings. The van der Waals surface area contributed by atoms with Crippen molar-refractivity contribution in [2.24, 2.45) is 0 Å². The number of nitrogen functional groups attached to an aromatic ring is 1. The highest BCUT2D eigenvalue weighted by atomic mass is 16.5. The quantitative estimate of drug-likeness (QED) is 0.793. The number of nitrogens with zero attached hydrogens (tertiary/aromatic N) is 2. The van der Waals surface area contributed by atoms with E-state index in [1.807, 2.05) is 36.9 Å². The topological polar surface area (TPSA) is 58.8 Å². The third-order valence-electron chi connectivity index (χ3n) is 2.89. The van der Waals surface area contributed by atoms with E-state index in [0.717, 1.165) is 5.69 Å². The van der Waals surface area contributed by atoms with Gasteiger partial charge in [0.25, 0.3) is 0 Å². The first-order valence-corrected chi connectivity index (χ1v) is 6.47. The number of amides is 1. The lowest BCUT2D eigenvalue weighted by Gasteiger charge is -2.26. The minimum atomic E-state index is 0.0445. The summed E-state index contributed by atoms with van der Waals surface area (Å²) in [6, 6.07) is 5.63. The second-order valence-electron chi connectivity index (χ2n) is 4.42. The van der Waals surface area contributed by atoms with Crippen LogP contribution >= 0.6 is 0 Å². The van der Waals surface area contributed by atoms with E-state index < -0.39 is 0 Å². The average molecular weight is 265 g/mol. The number of hydrogen-bond donors (Lipinski definition) is 1. The molecule has 0 unspecified atom stereocenters. The molecular formula is C14H23N3O2. The minimum absolute atomic E-state index is 0.0445. The van der Waals surface area contributed by atoms with Crippen molar-refractivity contribution >= 4 is 17.3 Å². The van der Waals surface area contributed by atoms with E-state index in [2.05, 4.69) is 0 Å². The lowest BCUT2D eigenvalue weighted by atomic mass is 10.2. The summed E-state index contributed by atoms with van der Waals surface area (Å²) in [5.74, 6) is 0.707. The number of carbonyl (C=O) groups is 1. The fourth-order valence-corrected chi connectivity index (χ4v) is 1.76. The molecule has 2 N–H and O–H groups in total. The molecule has 0 atom stereocenters. The van der Waals surface area contributed by atoms with Crippen molar-refractivity contribution in [1.82, 2.24) is 4.90 Å². The monoisotopic (exact) mass is 265 g/mol. The molecule has 0 aliphatic carbocycles. The predicted molar refractivity (Wildman–Crippen MR) is 78.6 cm³/mol. The lowest BCUT2D eigenvalue weighted by Crippen LogP contribution is -2.36. The Balaban J connectivity index is 2.98. The molecule has 0 aromatic heterocycles. The number of para-hydroxylation sites is 1. The van der Waals surface area contributed by atoms with Crippen LogP contribution in [0.4, 0.5) is 11.4 Å². The standard InChI is InChI=1S/C14H23N3O2/c1-5-17(10-13(18)16(3)4)11-8-7-9-12(14(11)15)19-6-2/h7-9H,5-6,10,15H2,1-4H3. The van der Waals surface area contributed by atoms with Crippen LogP contribution in [0, 0.1) is 0 Å². The minimum Gasteiger partial charge on any atom is -0.492 e. The van der Waals surface area contributed by atoms with Gasteiger partial charge in [0.2, 0.25) is 5.91 Å². The summed E-state index contributed by atoms with van der Waals surface area (Å²) in [4.78, 5) is 15.3. The van der Waals surface area contributed by atoms with Crippen molar-refractivity contribution in [3.63, 3.8) is 0 Å². The van der Waals surface area contributed by atoms with E-state index >= 15 is 0 Å². The van der Waals surface area contributed by atoms with Crippen molar-refractivity contribution < 1.29 is 9.53 Å². The van der Waals surface area contributed by atoms with Crippen LogP contribution in [-0.4, -0.2) is 44.6 Å². The SMILES string of the molecule is CCOc1cccc(N(CC)CC(=O)N(C)C)c1N. The van der Waals surface area contributed by atoms with E-state index in [0.29, 0.717) is 31.1 Å². The van der Waals surface area contributed by atoms with E-state index in [1.54, 1.807) is 19.0 Å². The van der Waals surface area contributed by atoms with Crippen LogP contribution in [-0.2, 0) is 4.79 Å². The molecule has 0 aliphatic rings. The maximum atomic E-state index is 11.8. The molecule has 1 rings (SSSR count). The van der Waals surface area contributed by atoms with Crippen molar-refractivity contribution in [2.75, 3.05) is 44.4 Å². The molecule has 0 fully saturated rings. The van der Waals surface area contributed by atoms with E-state index in [9.17, 15) is 4.79 Å². The van der Waals surface area contributed by atoms with Crippen LogP contribution in [0.5, 0.6) is 5.75 Å². The van der Waals surface area contributed by atoms with Crippen molar-refractivity contribution in [1.29, 1.82) is 0 Å². The first-order chi connectivity index (χ1) is 9.01. The van der Waals surface area contributed by atoms with Crippen molar-refractivity contribution in [2.45, 2.75) is 13.8 Å². The summed E-state index contributed by atoms with van der Waals surface area (Å²) >= 11 is 0. The van der Waals surface area contributed by atoms with Crippen LogP contribution in [0.1, 0.15) is 13.8 Å². The highest BCUT2D eigenvalue weighted by Gasteiger charge is 2.15. The zero-order valence-electron chi connectivity index (χ0n) is 12.1. The van der Waals surface area contributed by atoms with Gasteiger partial charge in [0, 0.05) is 20.6 Å². The molecule has 1 amide bonds. The van der Waals surface area contributed by atoms with E-state index in [4.69, 9.17) is 10.5 Å². The molecule has 0 bridgehead atoms. The normalized spacial score (nSPS) is 10.1. The maximum Gasteiger partial charge on any atom is 0.241 e. The summed E-state index contributed by atoms with van der Waals surface area (Å²) < 4.78 is 5.48. The molecule has 0 radical (unpaired) electrons. The molecule has 5 nitrogen and oxygen atoms in total. The fraction of sp³-hybridized carbons (Fsp3) is 0.500. The Morgan fingerprint density at radius 1 is 1.32 bits per heavy atom. The van der Waals surface area contributed by atoms with Crippen molar-refractivity contribution in [3.8, 4) is 5.75 Å². The summed E-state index contributed by atoms with van der Waals surface area (Å²) in [6.45, 7) is 5.49. The molecule has 0 spiro atoms.